The van der Waals surface area contributed by atoms with Gasteiger partial charge in [-0.1, -0.05) is 297 Å². The molecule has 11 aromatic carbocycles. The Hall–Kier alpha value is -11.2. The Morgan fingerprint density at radius 3 is 1.74 bits per heavy atom. The third kappa shape index (κ3) is 21.7. The number of nitrogens with zero attached hydrogens (tertiary/aromatic N) is 7. The van der Waals surface area contributed by atoms with Crippen LogP contribution >= 0.6 is 51.7 Å². The predicted molar refractivity (Wildman–Crippen MR) is 486 cm³/mol. The smallest absolute Gasteiger partial charge is 0.269 e. The summed E-state index contributed by atoms with van der Waals surface area (Å²) in [6.45, 7) is 11.3. The molecule has 11 aromatic rings. The summed E-state index contributed by atoms with van der Waals surface area (Å²) in [5.41, 5.74) is 14.7. The van der Waals surface area contributed by atoms with Crippen molar-refractivity contribution < 1.29 is 48.1 Å². The molecule has 15 rings (SSSR count). The Bertz CT molecular complexity index is 5180. The molecule has 0 N–H and O–H groups in total. The number of thioether (sulfide) groups is 2. The summed E-state index contributed by atoms with van der Waals surface area (Å²) >= 11 is 12.8. The molecule has 2 aliphatic heterocycles. The van der Waals surface area contributed by atoms with Crippen LogP contribution in [0.25, 0.3) is 0 Å². The molecule has 2 atom stereocenters. The lowest BCUT2D eigenvalue weighted by molar-refractivity contribution is -0.384. The first kappa shape index (κ1) is 87.6. The standard InChI is InChI=1S/C26H26N2O3.C23H22N2O5.C18H17NOS.C17H17NOS2.C12H16BrNO/c1-19(26(17-8-9-18-26)30-20-11-4-3-5-12-20)27-31-24-16-10-15-23-25(24)28(2)21-13-6-7-14-22(21)29-23;1-28-23(29-2,20-11-7-4-8-12-20)22(19-9-5-3-6-10-19)24-30-17-18-13-15-21(16-14-18)25(26)27;1-18(13-21)11-15-9-5-6-10-16(15)17(18)19-20-12-14-7-3-2-4-8-14;1-19-18-16(14-8-4-2-5-9-14)17(20-12-13-21-17)15-10-6-3-7-11-15;1-4-15-14-10(2)12(3,13)11-8-6-5-7-9-11/h3-7,10-16H,8-9,17-18H2,1-2H3;3-16H,17H2,1-2H3;2-10,13H,11-12H2,1H3;2-11H,12-13H2,1H3;5-9H,4H2,1-3H3/b;;;;14-10+. The first-order valence-corrected chi connectivity index (χ1v) is 42.1. The van der Waals surface area contributed by atoms with Gasteiger partial charge in [0, 0.05) is 72.6 Å². The van der Waals surface area contributed by atoms with Crippen LogP contribution in [0.5, 0.6) is 23.0 Å². The van der Waals surface area contributed by atoms with E-state index in [9.17, 15) is 10.1 Å². The SMILES string of the molecule is CC(=NOc1cccc2c1N(C)c1ccccc1O2)C1(Oc2ccccc2)CCCC1.CC1(C=S)Cc2ccccc2C1=NOCc1ccccc1.CCO/N=C(\C)C(C)(Br)c1ccccc1.COC(OC)(C(=NOCc1ccc([N+](=O)[O-])cc1)c1ccccc1)c1ccccc1.CON=C(c1ccccc1)C1(c2ccccc2)SCCS1. The molecule has 0 aromatic heterocycles. The zero-order valence-corrected chi connectivity index (χ0v) is 71.8. The van der Waals surface area contributed by atoms with Crippen molar-refractivity contribution in [3.8, 4) is 23.0 Å². The lowest BCUT2D eigenvalue weighted by Crippen LogP contribution is -2.40. The molecule has 0 bridgehead atoms. The number of para-hydroxylation sites is 4. The van der Waals surface area contributed by atoms with Gasteiger partial charge in [-0.05, 0) is 148 Å². The second kappa shape index (κ2) is 42.8. The van der Waals surface area contributed by atoms with Gasteiger partial charge >= 0.3 is 0 Å². The molecule has 2 unspecified atom stereocenters. The van der Waals surface area contributed by atoms with E-state index in [0.29, 0.717) is 24.7 Å². The molecular weight excluding hydrogens is 1600 g/mol. The largest absolute Gasteiger partial charge is 0.481 e. The summed E-state index contributed by atoms with van der Waals surface area (Å²) in [5, 5.41) is 34.4. The molecule has 2 aliphatic carbocycles. The van der Waals surface area contributed by atoms with E-state index in [2.05, 4.69) is 133 Å². The Labute approximate surface area is 714 Å². The lowest BCUT2D eigenvalue weighted by atomic mass is 9.88. The first-order valence-electron chi connectivity index (χ1n) is 38.9. The van der Waals surface area contributed by atoms with Gasteiger partial charge in [-0.15, -0.1) is 23.5 Å². The van der Waals surface area contributed by atoms with Gasteiger partial charge in [0.25, 0.3) is 5.69 Å². The van der Waals surface area contributed by atoms with Crippen LogP contribution in [0, 0.1) is 15.5 Å². The number of oxime groups is 5. The van der Waals surface area contributed by atoms with E-state index in [1.54, 1.807) is 38.8 Å². The quantitative estimate of drug-likeness (QED) is 0.0124. The molecule has 18 nitrogen and oxygen atoms in total. The number of nitro groups is 1. The highest BCUT2D eigenvalue weighted by molar-refractivity contribution is 9.10. The topological polar surface area (TPSA) is 191 Å². The predicted octanol–water partition coefficient (Wildman–Crippen LogP) is 23.6. The third-order valence-corrected chi connectivity index (χ3v) is 25.4. The molecule has 2 heterocycles. The van der Waals surface area contributed by atoms with Crippen molar-refractivity contribution >= 4 is 103 Å². The van der Waals surface area contributed by atoms with Crippen molar-refractivity contribution in [3.63, 3.8) is 0 Å². The van der Waals surface area contributed by atoms with Crippen molar-refractivity contribution in [1.82, 2.24) is 0 Å². The fourth-order valence-corrected chi connectivity index (χ4v) is 17.7. The molecule has 118 heavy (non-hydrogen) atoms. The van der Waals surface area contributed by atoms with Gasteiger partial charge in [0.15, 0.2) is 23.0 Å². The van der Waals surface area contributed by atoms with E-state index in [0.717, 1.165) is 128 Å². The number of anilines is 2. The molecule has 0 radical (unpaired) electrons. The third-order valence-electron chi connectivity index (χ3n) is 20.4. The monoisotopic (exact) mass is 1700 g/mol. The minimum absolute atomic E-state index is 0.0223. The average Bonchev–Trinajstić information content (AvgIpc) is 1.19. The van der Waals surface area contributed by atoms with Crippen LogP contribution in [-0.4, -0.2) is 90.9 Å². The Morgan fingerprint density at radius 2 is 1.14 bits per heavy atom. The zero-order valence-electron chi connectivity index (χ0n) is 67.7. The highest BCUT2D eigenvalue weighted by atomic mass is 79.9. The van der Waals surface area contributed by atoms with E-state index in [1.807, 2.05) is 258 Å². The summed E-state index contributed by atoms with van der Waals surface area (Å²) in [5.74, 6) is 4.06. The van der Waals surface area contributed by atoms with Gasteiger partial charge in [0.2, 0.25) is 5.79 Å². The van der Waals surface area contributed by atoms with Crippen LogP contribution in [-0.2, 0) is 62.6 Å². The molecule has 608 valence electrons. The number of alkyl halides is 1. The molecule has 2 fully saturated rings. The van der Waals surface area contributed by atoms with Crippen molar-refractivity contribution in [1.29, 1.82) is 0 Å². The highest BCUT2D eigenvalue weighted by Crippen LogP contribution is 2.55. The maximum Gasteiger partial charge on any atom is 0.269 e. The number of non-ortho nitro benzene ring substituents is 1. The number of hydrogen-bond acceptors (Lipinski definition) is 20. The lowest BCUT2D eigenvalue weighted by Gasteiger charge is -2.32. The summed E-state index contributed by atoms with van der Waals surface area (Å²) in [6.07, 6.45) is 5.00. The van der Waals surface area contributed by atoms with E-state index < -0.39 is 16.3 Å². The van der Waals surface area contributed by atoms with E-state index >= 15 is 0 Å². The van der Waals surface area contributed by atoms with Gasteiger partial charge in [-0.25, -0.2) is 0 Å². The first-order chi connectivity index (χ1) is 57.4. The summed E-state index contributed by atoms with van der Waals surface area (Å²) in [6, 6.07) is 98.2. The van der Waals surface area contributed by atoms with Crippen LogP contribution in [0.1, 0.15) is 110 Å². The number of thiocarbonyl (C=S) groups is 1. The highest BCUT2D eigenvalue weighted by Gasteiger charge is 2.45. The molecule has 1 saturated carbocycles. The van der Waals surface area contributed by atoms with Crippen LogP contribution in [0.2, 0.25) is 0 Å². The van der Waals surface area contributed by atoms with Crippen molar-refractivity contribution in [2.75, 3.05) is 51.4 Å². The Morgan fingerprint density at radius 1 is 0.602 bits per heavy atom. The minimum atomic E-state index is -1.28. The second-order valence-corrected chi connectivity index (χ2v) is 32.9. The maximum atomic E-state index is 10.8. The number of ether oxygens (including phenoxy) is 4. The number of nitro benzene ring substituents is 1. The number of methoxy groups -OCH3 is 2. The number of fused-ring (bicyclic) bond motifs is 3. The number of benzene rings is 11. The number of halogens is 1. The van der Waals surface area contributed by atoms with Gasteiger partial charge in [-0.2, -0.15) is 0 Å². The fourth-order valence-electron chi connectivity index (χ4n) is 13.9. The van der Waals surface area contributed by atoms with Crippen LogP contribution in [0.4, 0.5) is 17.1 Å². The van der Waals surface area contributed by atoms with Crippen LogP contribution < -0.4 is 19.2 Å². The molecule has 0 spiro atoms. The van der Waals surface area contributed by atoms with Crippen molar-refractivity contribution in [3.05, 3.63) is 364 Å². The number of rotatable bonds is 26. The Balaban J connectivity index is 0.000000148. The van der Waals surface area contributed by atoms with Gasteiger partial charge in [-0.3, -0.25) is 10.1 Å². The fraction of sp³-hybridized carbons (Fsp3) is 0.250. The number of hydrogen-bond donors (Lipinski definition) is 0. The molecule has 1 saturated heterocycles. The maximum absolute atomic E-state index is 10.8. The van der Waals surface area contributed by atoms with E-state index in [1.165, 1.54) is 28.8 Å². The average molecular weight is 1700 g/mol. The van der Waals surface area contributed by atoms with Crippen molar-refractivity contribution in [2.45, 2.75) is 99.7 Å². The van der Waals surface area contributed by atoms with Gasteiger partial charge < -0.3 is 48.0 Å². The van der Waals surface area contributed by atoms with Crippen LogP contribution in [0.3, 0.4) is 0 Å². The normalized spacial score (nSPS) is 16.5. The van der Waals surface area contributed by atoms with Gasteiger partial charge in [0.1, 0.15) is 53.8 Å². The summed E-state index contributed by atoms with van der Waals surface area (Å²) in [7, 11) is 6.73. The van der Waals surface area contributed by atoms with Crippen molar-refractivity contribution in [2.24, 2.45) is 31.2 Å². The van der Waals surface area contributed by atoms with Crippen LogP contribution in [0.15, 0.2) is 329 Å². The van der Waals surface area contributed by atoms with E-state index in [-0.39, 0.29) is 26.1 Å². The molecule has 4 aliphatic rings. The second-order valence-electron chi connectivity index (χ2n) is 28.2. The van der Waals surface area contributed by atoms with E-state index in [4.69, 9.17) is 55.4 Å². The minimum Gasteiger partial charge on any atom is -0.481 e. The molecule has 22 heteroatoms. The summed E-state index contributed by atoms with van der Waals surface area (Å²) in [4.78, 5) is 39.9. The van der Waals surface area contributed by atoms with Gasteiger partial charge in [0.05, 0.1) is 32.1 Å². The Kier molecular flexibility index (Phi) is 31.7. The summed E-state index contributed by atoms with van der Waals surface area (Å²) < 4.78 is 23.8. The molecule has 0 amide bonds. The molecular formula is C96H98BrN7O11S3. The zero-order chi connectivity index (χ0) is 83.2.